The van der Waals surface area contributed by atoms with Gasteiger partial charge in [0.05, 0.1) is 0 Å². The molecule has 0 aliphatic carbocycles. The van der Waals surface area contributed by atoms with E-state index in [-0.39, 0.29) is 0 Å². The maximum absolute atomic E-state index is 2.33. The van der Waals surface area contributed by atoms with Crippen molar-refractivity contribution in [2.45, 2.75) is 60.8 Å². The summed E-state index contributed by atoms with van der Waals surface area (Å²) in [5.74, 6) is 4.21. The maximum Gasteiger partial charge on any atom is -0.0300 e. The van der Waals surface area contributed by atoms with Crippen molar-refractivity contribution in [3.05, 3.63) is 5.92 Å². The van der Waals surface area contributed by atoms with Gasteiger partial charge in [-0.25, -0.2) is 0 Å². The first-order valence-electron chi connectivity index (χ1n) is 5.70. The molecule has 0 heteroatoms. The molecular weight excluding hydrogens is 156 g/mol. The molecule has 0 saturated heterocycles. The summed E-state index contributed by atoms with van der Waals surface area (Å²) in [6.45, 7) is 13.8. The van der Waals surface area contributed by atoms with E-state index in [1.54, 1.807) is 5.92 Å². The SMILES string of the molecule is C[C](C)CC(CC(C)C)CC(C)C. The Morgan fingerprint density at radius 2 is 1.23 bits per heavy atom. The monoisotopic (exact) mass is 183 g/mol. The smallest absolute Gasteiger partial charge is 0.0300 e. The normalized spacial score (nSPS) is 12.5. The van der Waals surface area contributed by atoms with E-state index in [0.29, 0.717) is 0 Å². The fraction of sp³-hybridized carbons (Fsp3) is 0.923. The first kappa shape index (κ1) is 13.0. The molecule has 0 unspecified atom stereocenters. The van der Waals surface area contributed by atoms with E-state index in [1.807, 2.05) is 0 Å². The van der Waals surface area contributed by atoms with Gasteiger partial charge in [0.2, 0.25) is 0 Å². The Morgan fingerprint density at radius 1 is 0.846 bits per heavy atom. The van der Waals surface area contributed by atoms with Crippen molar-refractivity contribution in [1.29, 1.82) is 0 Å². The van der Waals surface area contributed by atoms with Gasteiger partial charge >= 0.3 is 0 Å². The van der Waals surface area contributed by atoms with Gasteiger partial charge in [-0.3, -0.25) is 0 Å². The molecule has 0 saturated carbocycles. The number of rotatable bonds is 6. The van der Waals surface area contributed by atoms with Crippen LogP contribution < -0.4 is 0 Å². The highest BCUT2D eigenvalue weighted by atomic mass is 14.2. The molecule has 79 valence electrons. The van der Waals surface area contributed by atoms with Gasteiger partial charge in [-0.1, -0.05) is 41.5 Å². The fourth-order valence-corrected chi connectivity index (χ4v) is 2.17. The molecule has 0 fully saturated rings. The van der Waals surface area contributed by atoms with Gasteiger partial charge in [0.1, 0.15) is 0 Å². The Labute approximate surface area is 85.1 Å². The molecule has 0 amide bonds. The highest BCUT2D eigenvalue weighted by Gasteiger charge is 2.14. The molecule has 1 radical (unpaired) electrons. The zero-order valence-corrected chi connectivity index (χ0v) is 10.4. The minimum absolute atomic E-state index is 0.850. The summed E-state index contributed by atoms with van der Waals surface area (Å²) in [7, 11) is 0. The first-order valence-corrected chi connectivity index (χ1v) is 5.70. The molecule has 13 heavy (non-hydrogen) atoms. The zero-order valence-electron chi connectivity index (χ0n) is 10.4. The molecule has 0 rings (SSSR count). The van der Waals surface area contributed by atoms with Gasteiger partial charge in [-0.05, 0) is 42.9 Å². The zero-order chi connectivity index (χ0) is 10.4. The van der Waals surface area contributed by atoms with Gasteiger partial charge in [0.15, 0.2) is 0 Å². The lowest BCUT2D eigenvalue weighted by molar-refractivity contribution is 0.331. The van der Waals surface area contributed by atoms with Gasteiger partial charge < -0.3 is 0 Å². The van der Waals surface area contributed by atoms with E-state index in [4.69, 9.17) is 0 Å². The van der Waals surface area contributed by atoms with Gasteiger partial charge in [-0.2, -0.15) is 0 Å². The van der Waals surface area contributed by atoms with Crippen LogP contribution >= 0.6 is 0 Å². The molecule has 0 aliphatic heterocycles. The van der Waals surface area contributed by atoms with Crippen molar-refractivity contribution in [1.82, 2.24) is 0 Å². The Kier molecular flexibility index (Phi) is 6.45. The topological polar surface area (TPSA) is 0 Å². The molecule has 0 heterocycles. The summed E-state index contributed by atoms with van der Waals surface area (Å²) < 4.78 is 0. The largest absolute Gasteiger partial charge is 0.0628 e. The van der Waals surface area contributed by atoms with Crippen LogP contribution in [-0.4, -0.2) is 0 Å². The molecule has 0 bridgehead atoms. The standard InChI is InChI=1S/C13H27/c1-10(2)7-13(8-11(3)4)9-12(5)6/h10-11,13H,7-9H2,1-6H3. The minimum Gasteiger partial charge on any atom is -0.0628 e. The Hall–Kier alpha value is 0. The molecule has 0 atom stereocenters. The van der Waals surface area contributed by atoms with E-state index in [0.717, 1.165) is 17.8 Å². The average molecular weight is 183 g/mol. The van der Waals surface area contributed by atoms with Crippen LogP contribution in [0.3, 0.4) is 0 Å². The molecule has 0 aromatic carbocycles. The molecular formula is C13H27. The quantitative estimate of drug-likeness (QED) is 0.560. The van der Waals surface area contributed by atoms with E-state index in [1.165, 1.54) is 19.3 Å². The molecule has 0 aromatic rings. The van der Waals surface area contributed by atoms with E-state index in [9.17, 15) is 0 Å². The Morgan fingerprint density at radius 3 is 1.46 bits per heavy atom. The van der Waals surface area contributed by atoms with E-state index < -0.39 is 0 Å². The third-order valence-electron chi connectivity index (χ3n) is 2.31. The molecule has 0 N–H and O–H groups in total. The van der Waals surface area contributed by atoms with Crippen LogP contribution in [0.1, 0.15) is 60.8 Å². The molecule has 0 nitrogen and oxygen atoms in total. The van der Waals surface area contributed by atoms with Crippen molar-refractivity contribution in [2.24, 2.45) is 17.8 Å². The van der Waals surface area contributed by atoms with Crippen LogP contribution in [0.15, 0.2) is 0 Å². The van der Waals surface area contributed by atoms with Crippen molar-refractivity contribution < 1.29 is 0 Å². The highest BCUT2D eigenvalue weighted by molar-refractivity contribution is 4.81. The summed E-state index contributed by atoms with van der Waals surface area (Å²) in [4.78, 5) is 0. The number of hydrogen-bond acceptors (Lipinski definition) is 0. The van der Waals surface area contributed by atoms with Gasteiger partial charge in [0, 0.05) is 0 Å². The second-order valence-electron chi connectivity index (χ2n) is 5.54. The van der Waals surface area contributed by atoms with Crippen molar-refractivity contribution >= 4 is 0 Å². The third-order valence-corrected chi connectivity index (χ3v) is 2.31. The maximum atomic E-state index is 2.33. The van der Waals surface area contributed by atoms with E-state index >= 15 is 0 Å². The van der Waals surface area contributed by atoms with Crippen molar-refractivity contribution in [2.75, 3.05) is 0 Å². The summed E-state index contributed by atoms with van der Waals surface area (Å²) in [6.07, 6.45) is 4.11. The summed E-state index contributed by atoms with van der Waals surface area (Å²) in [5, 5.41) is 0. The Bertz CT molecular complexity index is 87.4. The lowest BCUT2D eigenvalue weighted by Gasteiger charge is -2.22. The van der Waals surface area contributed by atoms with Crippen LogP contribution in [0.2, 0.25) is 0 Å². The van der Waals surface area contributed by atoms with Crippen LogP contribution in [0.4, 0.5) is 0 Å². The van der Waals surface area contributed by atoms with Crippen LogP contribution in [-0.2, 0) is 0 Å². The lowest BCUT2D eigenvalue weighted by atomic mass is 9.84. The first-order chi connectivity index (χ1) is 5.91. The van der Waals surface area contributed by atoms with E-state index in [2.05, 4.69) is 41.5 Å². The average Bonchev–Trinajstić information content (AvgIpc) is 1.80. The number of hydrogen-bond donors (Lipinski definition) is 0. The highest BCUT2D eigenvalue weighted by Crippen LogP contribution is 2.26. The summed E-state index contributed by atoms with van der Waals surface area (Å²) >= 11 is 0. The molecule has 0 aromatic heterocycles. The second-order valence-corrected chi connectivity index (χ2v) is 5.54. The van der Waals surface area contributed by atoms with Crippen molar-refractivity contribution in [3.8, 4) is 0 Å². The molecule has 0 spiro atoms. The summed E-state index contributed by atoms with van der Waals surface area (Å²) in [5.41, 5.74) is 0. The Balaban J connectivity index is 3.87. The van der Waals surface area contributed by atoms with Crippen molar-refractivity contribution in [3.63, 3.8) is 0 Å². The fourth-order valence-electron chi connectivity index (χ4n) is 2.17. The minimum atomic E-state index is 0.850. The predicted molar refractivity (Wildman–Crippen MR) is 61.6 cm³/mol. The van der Waals surface area contributed by atoms with Gasteiger partial charge in [0.25, 0.3) is 0 Å². The summed E-state index contributed by atoms with van der Waals surface area (Å²) in [6, 6.07) is 0. The van der Waals surface area contributed by atoms with Crippen LogP contribution in [0.5, 0.6) is 0 Å². The molecule has 0 aliphatic rings. The third kappa shape index (κ3) is 8.33. The predicted octanol–water partition coefficient (Wildman–Crippen LogP) is 4.70. The van der Waals surface area contributed by atoms with Crippen LogP contribution in [0.25, 0.3) is 0 Å². The van der Waals surface area contributed by atoms with Crippen LogP contribution in [0, 0.1) is 23.7 Å². The second kappa shape index (κ2) is 6.45. The lowest BCUT2D eigenvalue weighted by Crippen LogP contribution is -2.10. The van der Waals surface area contributed by atoms with Gasteiger partial charge in [-0.15, -0.1) is 0 Å².